The molecule has 2 aromatic heterocycles. The smallest absolute Gasteiger partial charge is 0.410 e. The molecule has 3 aromatic carbocycles. The Kier molecular flexibility index (Phi) is 13.3. The number of rotatable bonds is 13. The molecule has 64 heavy (non-hydrogen) atoms. The van der Waals surface area contributed by atoms with Crippen molar-refractivity contribution in [3.63, 3.8) is 0 Å². The van der Waals surface area contributed by atoms with Crippen molar-refractivity contribution in [1.82, 2.24) is 29.7 Å². The number of nitrogens with zero attached hydrogens (tertiary/aromatic N) is 7. The molecular formula is C48H57F2N7O7. The first kappa shape index (κ1) is 44.7. The number of anilines is 1. The monoisotopic (exact) mass is 881 g/mol. The van der Waals surface area contributed by atoms with E-state index < -0.39 is 17.2 Å². The highest BCUT2D eigenvalue weighted by atomic mass is 19.1. The SMILES string of the molecule is CCc1c(F)ccc2cc(OCOC)cc(-c3ncc4c(N5C[C@H]6CC[C@@H](C5)N6C(=O)OC(C)(C)C)nc(OC[C@H](C)CN5CCN(C(=O)OCc6ccccc6)CC5)nc4c3F)c12. The number of piperazine rings is 2. The van der Waals surface area contributed by atoms with Gasteiger partial charge in [0.05, 0.1) is 24.1 Å². The van der Waals surface area contributed by atoms with E-state index in [0.717, 1.165) is 18.4 Å². The largest absolute Gasteiger partial charge is 0.468 e. The first-order chi connectivity index (χ1) is 30.8. The maximum Gasteiger partial charge on any atom is 0.410 e. The minimum atomic E-state index is -0.717. The standard InChI is InChI=1S/C48H57F2N7O7/c1-7-36-39(49)16-13-32-21-35(63-29-60-6)22-37(40(32)36)42-41(50)43-38(23-51-42)44(56-25-33-14-15-34(26-56)57(33)47(59)64-48(3,4)5)53-45(52-43)61-27-30(2)24-54-17-19-55(20-18-54)46(58)62-28-31-11-9-8-10-12-31/h8-13,16,21-23,30,33-34H,7,14-15,17-20,24-29H2,1-6H3/t30-,33-,34+/m1/s1. The predicted octanol–water partition coefficient (Wildman–Crippen LogP) is 8.23. The summed E-state index contributed by atoms with van der Waals surface area (Å²) in [6.07, 6.45) is 2.82. The van der Waals surface area contributed by atoms with Gasteiger partial charge in [-0.1, -0.05) is 50.2 Å². The summed E-state index contributed by atoms with van der Waals surface area (Å²) < 4.78 is 61.5. The van der Waals surface area contributed by atoms with E-state index >= 15 is 8.78 Å². The summed E-state index contributed by atoms with van der Waals surface area (Å²) in [6, 6.07) is 15.8. The number of hydrogen-bond donors (Lipinski definition) is 0. The van der Waals surface area contributed by atoms with E-state index in [1.165, 1.54) is 13.2 Å². The van der Waals surface area contributed by atoms with Crippen molar-refractivity contribution in [2.24, 2.45) is 5.92 Å². The van der Waals surface area contributed by atoms with Crippen LogP contribution in [0.2, 0.25) is 0 Å². The molecular weight excluding hydrogens is 825 g/mol. The number of methoxy groups -OCH3 is 1. The van der Waals surface area contributed by atoms with Gasteiger partial charge < -0.3 is 33.5 Å². The number of carbonyl (C=O) groups is 2. The van der Waals surface area contributed by atoms with Crippen LogP contribution in [0.1, 0.15) is 58.6 Å². The van der Waals surface area contributed by atoms with E-state index in [9.17, 15) is 9.59 Å². The highest BCUT2D eigenvalue weighted by molar-refractivity contribution is 6.02. The van der Waals surface area contributed by atoms with E-state index in [0.29, 0.717) is 91.1 Å². The fourth-order valence-electron chi connectivity index (χ4n) is 9.07. The molecule has 0 unspecified atom stereocenters. The van der Waals surface area contributed by atoms with Crippen LogP contribution < -0.4 is 14.4 Å². The van der Waals surface area contributed by atoms with Gasteiger partial charge in [0.1, 0.15) is 40.8 Å². The number of fused-ring (bicyclic) bond motifs is 4. The fraction of sp³-hybridized carbons (Fsp3) is 0.479. The Morgan fingerprint density at radius 2 is 1.66 bits per heavy atom. The van der Waals surface area contributed by atoms with Gasteiger partial charge in [-0.25, -0.2) is 18.4 Å². The molecule has 16 heteroatoms. The van der Waals surface area contributed by atoms with Crippen molar-refractivity contribution in [2.45, 2.75) is 78.2 Å². The Bertz CT molecular complexity index is 2470. The van der Waals surface area contributed by atoms with Gasteiger partial charge in [0.25, 0.3) is 0 Å². The average molecular weight is 882 g/mol. The van der Waals surface area contributed by atoms with Crippen molar-refractivity contribution < 1.29 is 42.1 Å². The highest BCUT2D eigenvalue weighted by Crippen LogP contribution is 2.41. The number of amides is 2. The quantitative estimate of drug-likeness (QED) is 0.106. The van der Waals surface area contributed by atoms with Gasteiger partial charge in [0.15, 0.2) is 12.6 Å². The number of ether oxygens (including phenoxy) is 5. The lowest BCUT2D eigenvalue weighted by Gasteiger charge is -2.42. The van der Waals surface area contributed by atoms with Gasteiger partial charge in [-0.3, -0.25) is 14.8 Å². The molecule has 5 aromatic rings. The molecule has 2 amide bonds. The summed E-state index contributed by atoms with van der Waals surface area (Å²) in [5, 5.41) is 1.56. The lowest BCUT2D eigenvalue weighted by atomic mass is 9.94. The fourth-order valence-corrected chi connectivity index (χ4v) is 9.07. The van der Waals surface area contributed by atoms with Gasteiger partial charge in [-0.2, -0.15) is 9.97 Å². The topological polar surface area (TPSA) is 132 Å². The van der Waals surface area contributed by atoms with Crippen LogP contribution in [0.15, 0.2) is 60.8 Å². The lowest BCUT2D eigenvalue weighted by Crippen LogP contribution is -2.57. The molecule has 14 nitrogen and oxygen atoms in total. The Morgan fingerprint density at radius 1 is 0.922 bits per heavy atom. The Hall–Kier alpha value is -5.87. The molecule has 3 saturated heterocycles. The zero-order chi connectivity index (χ0) is 45.1. The number of carbonyl (C=O) groups excluding carboxylic acids is 2. The minimum Gasteiger partial charge on any atom is -0.468 e. The van der Waals surface area contributed by atoms with Crippen LogP contribution in [0.25, 0.3) is 32.9 Å². The third-order valence-corrected chi connectivity index (χ3v) is 12.0. The number of aryl methyl sites for hydroxylation is 1. The first-order valence-electron chi connectivity index (χ1n) is 22.1. The van der Waals surface area contributed by atoms with Crippen LogP contribution >= 0.6 is 0 Å². The minimum absolute atomic E-state index is 0.000581. The molecule has 3 atom stereocenters. The van der Waals surface area contributed by atoms with Gasteiger partial charge in [-0.15, -0.1) is 0 Å². The molecule has 0 saturated carbocycles. The zero-order valence-electron chi connectivity index (χ0n) is 37.4. The van der Waals surface area contributed by atoms with Crippen LogP contribution in [0.3, 0.4) is 0 Å². The maximum absolute atomic E-state index is 17.5. The summed E-state index contributed by atoms with van der Waals surface area (Å²) in [5.41, 5.74) is 1.05. The molecule has 340 valence electrons. The number of hydrogen-bond acceptors (Lipinski definition) is 12. The Balaban J connectivity index is 1.07. The van der Waals surface area contributed by atoms with Crippen molar-refractivity contribution >= 4 is 39.7 Å². The van der Waals surface area contributed by atoms with E-state index in [2.05, 4.69) is 16.7 Å². The van der Waals surface area contributed by atoms with Gasteiger partial charge >= 0.3 is 18.2 Å². The molecule has 0 aliphatic carbocycles. The maximum atomic E-state index is 17.5. The van der Waals surface area contributed by atoms with Crippen molar-refractivity contribution in [3.8, 4) is 23.0 Å². The average Bonchev–Trinajstić information content (AvgIpc) is 3.55. The van der Waals surface area contributed by atoms with Crippen molar-refractivity contribution in [1.29, 1.82) is 0 Å². The second kappa shape index (κ2) is 19.1. The lowest BCUT2D eigenvalue weighted by molar-refractivity contribution is 0.0122. The number of pyridine rings is 1. The summed E-state index contributed by atoms with van der Waals surface area (Å²) in [4.78, 5) is 48.4. The van der Waals surface area contributed by atoms with E-state index in [-0.39, 0.29) is 67.4 Å². The third-order valence-electron chi connectivity index (χ3n) is 12.0. The van der Waals surface area contributed by atoms with Gasteiger partial charge in [0.2, 0.25) is 0 Å². The summed E-state index contributed by atoms with van der Waals surface area (Å²) in [7, 11) is 1.51. The third kappa shape index (κ3) is 9.77. The van der Waals surface area contributed by atoms with Gasteiger partial charge in [-0.05, 0) is 80.1 Å². The molecule has 0 N–H and O–H groups in total. The van der Waals surface area contributed by atoms with Crippen molar-refractivity contribution in [2.75, 3.05) is 71.2 Å². The second-order valence-corrected chi connectivity index (χ2v) is 17.9. The summed E-state index contributed by atoms with van der Waals surface area (Å²) >= 11 is 0. The molecule has 0 radical (unpaired) electrons. The van der Waals surface area contributed by atoms with E-state index in [1.807, 2.05) is 62.9 Å². The van der Waals surface area contributed by atoms with Crippen LogP contribution in [0.5, 0.6) is 11.8 Å². The molecule has 3 fully saturated rings. The number of halogens is 2. The normalized spacial score (nSPS) is 18.4. The summed E-state index contributed by atoms with van der Waals surface area (Å²) in [6.45, 7) is 13.9. The van der Waals surface area contributed by atoms with Crippen LogP contribution in [0, 0.1) is 17.6 Å². The summed E-state index contributed by atoms with van der Waals surface area (Å²) in [5.74, 6) is -0.242. The zero-order valence-corrected chi connectivity index (χ0v) is 37.4. The number of aromatic nitrogens is 3. The molecule has 3 aliphatic rings. The van der Waals surface area contributed by atoms with Crippen LogP contribution in [-0.4, -0.2) is 126 Å². The molecule has 3 aliphatic heterocycles. The van der Waals surface area contributed by atoms with Crippen LogP contribution in [-0.2, 0) is 27.2 Å². The Labute approximate surface area is 372 Å². The predicted molar refractivity (Wildman–Crippen MR) is 238 cm³/mol. The van der Waals surface area contributed by atoms with Gasteiger partial charge in [0, 0.05) is 70.6 Å². The molecule has 8 rings (SSSR count). The van der Waals surface area contributed by atoms with E-state index in [4.69, 9.17) is 38.6 Å². The molecule has 2 bridgehead atoms. The number of benzene rings is 3. The second-order valence-electron chi connectivity index (χ2n) is 17.9. The van der Waals surface area contributed by atoms with Crippen LogP contribution in [0.4, 0.5) is 24.2 Å². The Morgan fingerprint density at radius 3 is 2.34 bits per heavy atom. The van der Waals surface area contributed by atoms with E-state index in [1.54, 1.807) is 29.3 Å². The van der Waals surface area contributed by atoms with Crippen molar-refractivity contribution in [3.05, 3.63) is 83.6 Å². The highest BCUT2D eigenvalue weighted by Gasteiger charge is 2.45. The first-order valence-corrected chi connectivity index (χ1v) is 22.1. The molecule has 5 heterocycles. The molecule has 0 spiro atoms.